The van der Waals surface area contributed by atoms with E-state index in [0.717, 1.165) is 13.0 Å². The van der Waals surface area contributed by atoms with Gasteiger partial charge in [-0.2, -0.15) is 0 Å². The molecule has 53 valence electrons. The zero-order chi connectivity index (χ0) is 7.11. The minimum Gasteiger partial charge on any atom is -0.307 e. The molecule has 2 heteroatoms. The monoisotopic (exact) mass is 128 g/mol. The van der Waals surface area contributed by atoms with Crippen molar-refractivity contribution in [2.24, 2.45) is 0 Å². The molecule has 0 aromatic carbocycles. The predicted molar refractivity (Wildman–Crippen MR) is 38.1 cm³/mol. The molecule has 1 N–H and O–H groups in total. The van der Waals surface area contributed by atoms with Gasteiger partial charge in [-0.1, -0.05) is 13.3 Å². The first-order valence-electron chi connectivity index (χ1n) is 3.42. The number of hydrogen-bond acceptors (Lipinski definition) is 2. The van der Waals surface area contributed by atoms with E-state index >= 15 is 0 Å². The molecule has 0 aromatic rings. The molecule has 0 saturated carbocycles. The number of rotatable bonds is 5. The molecule has 0 unspecified atom stereocenters. The molecule has 2 nitrogen and oxygen atoms in total. The number of unbranched alkanes of at least 4 members (excludes halogenated alkanes) is 1. The maximum Gasteiger partial charge on any atom is 0.216 e. The fourth-order valence-corrected chi connectivity index (χ4v) is 0.537. The van der Waals surface area contributed by atoms with Crippen molar-refractivity contribution in [1.29, 1.82) is 0 Å². The molecule has 1 radical (unpaired) electrons. The van der Waals surface area contributed by atoms with Crippen molar-refractivity contribution in [3.8, 4) is 0 Å². The maximum absolute atomic E-state index is 9.91. The average molecular weight is 128 g/mol. The van der Waals surface area contributed by atoms with Crippen LogP contribution in [0, 0.1) is 0 Å². The third-order valence-electron chi connectivity index (χ3n) is 1.16. The second-order valence-corrected chi connectivity index (χ2v) is 2.15. The lowest BCUT2D eigenvalue weighted by atomic mass is 10.3. The van der Waals surface area contributed by atoms with Crippen LogP contribution < -0.4 is 5.32 Å². The van der Waals surface area contributed by atoms with Crippen LogP contribution >= 0.6 is 0 Å². The van der Waals surface area contributed by atoms with E-state index in [-0.39, 0.29) is 6.04 Å². The Balaban J connectivity index is 2.96. The van der Waals surface area contributed by atoms with E-state index in [1.807, 2.05) is 13.2 Å². The smallest absolute Gasteiger partial charge is 0.216 e. The van der Waals surface area contributed by atoms with Crippen LogP contribution in [-0.4, -0.2) is 18.9 Å². The summed E-state index contributed by atoms with van der Waals surface area (Å²) in [6, 6.07) is -0.100. The van der Waals surface area contributed by atoms with Crippen LogP contribution in [0.2, 0.25) is 0 Å². The third-order valence-corrected chi connectivity index (χ3v) is 1.16. The maximum atomic E-state index is 9.91. The summed E-state index contributed by atoms with van der Waals surface area (Å²) >= 11 is 0. The molecule has 0 bridgehead atoms. The molecule has 0 aromatic heterocycles. The lowest BCUT2D eigenvalue weighted by Gasteiger charge is -2.03. The highest BCUT2D eigenvalue weighted by molar-refractivity contribution is 5.57. The summed E-state index contributed by atoms with van der Waals surface area (Å²) in [6.07, 6.45) is 4.16. The first kappa shape index (κ1) is 8.63. The largest absolute Gasteiger partial charge is 0.307 e. The van der Waals surface area contributed by atoms with Gasteiger partial charge in [0.25, 0.3) is 0 Å². The highest BCUT2D eigenvalue weighted by atomic mass is 16.1. The van der Waals surface area contributed by atoms with Crippen molar-refractivity contribution in [3.63, 3.8) is 0 Å². The Bertz CT molecular complexity index is 73.3. The Labute approximate surface area is 56.6 Å². The minimum absolute atomic E-state index is 0.100. The molecule has 0 heterocycles. The summed E-state index contributed by atoms with van der Waals surface area (Å²) in [5.41, 5.74) is 0. The van der Waals surface area contributed by atoms with Gasteiger partial charge in [0.15, 0.2) is 0 Å². The van der Waals surface area contributed by atoms with Crippen molar-refractivity contribution < 1.29 is 4.79 Å². The minimum atomic E-state index is -0.100. The van der Waals surface area contributed by atoms with Crippen molar-refractivity contribution in [3.05, 3.63) is 0 Å². The van der Waals surface area contributed by atoms with E-state index in [0.29, 0.717) is 0 Å². The van der Waals surface area contributed by atoms with Gasteiger partial charge in [-0.3, -0.25) is 4.79 Å². The summed E-state index contributed by atoms with van der Waals surface area (Å²) in [6.45, 7) is 4.85. The fraction of sp³-hybridized carbons (Fsp3) is 0.857. The van der Waals surface area contributed by atoms with Crippen LogP contribution in [0.4, 0.5) is 0 Å². The lowest BCUT2D eigenvalue weighted by Crippen LogP contribution is -2.27. The Morgan fingerprint density at radius 1 is 1.67 bits per heavy atom. The summed E-state index contributed by atoms with van der Waals surface area (Å²) in [5, 5.41) is 3.01. The van der Waals surface area contributed by atoms with E-state index in [1.54, 1.807) is 0 Å². The van der Waals surface area contributed by atoms with Crippen LogP contribution in [-0.2, 0) is 4.79 Å². The second kappa shape index (κ2) is 5.76. The van der Waals surface area contributed by atoms with Gasteiger partial charge in [0.2, 0.25) is 6.29 Å². The van der Waals surface area contributed by atoms with Gasteiger partial charge in [0, 0.05) is 0 Å². The first-order chi connectivity index (χ1) is 4.31. The van der Waals surface area contributed by atoms with Crippen molar-refractivity contribution in [1.82, 2.24) is 5.32 Å². The van der Waals surface area contributed by atoms with Gasteiger partial charge < -0.3 is 5.32 Å². The number of hydrogen-bond donors (Lipinski definition) is 1. The fourth-order valence-electron chi connectivity index (χ4n) is 0.537. The van der Waals surface area contributed by atoms with Gasteiger partial charge in [0.1, 0.15) is 0 Å². The van der Waals surface area contributed by atoms with Gasteiger partial charge in [-0.05, 0) is 19.9 Å². The Kier molecular flexibility index (Phi) is 5.52. The molecular formula is C7H14NO. The Hall–Kier alpha value is -0.370. The highest BCUT2D eigenvalue weighted by Gasteiger charge is 1.95. The zero-order valence-electron chi connectivity index (χ0n) is 6.11. The van der Waals surface area contributed by atoms with Gasteiger partial charge in [0.05, 0.1) is 6.04 Å². The highest BCUT2D eigenvalue weighted by Crippen LogP contribution is 1.83. The van der Waals surface area contributed by atoms with Crippen LogP contribution in [0.15, 0.2) is 0 Å². The lowest BCUT2D eigenvalue weighted by molar-refractivity contribution is 0.521. The Morgan fingerprint density at radius 2 is 2.33 bits per heavy atom. The predicted octanol–water partition coefficient (Wildman–Crippen LogP) is 0.874. The van der Waals surface area contributed by atoms with Crippen molar-refractivity contribution in [2.75, 3.05) is 6.54 Å². The molecule has 0 aliphatic carbocycles. The van der Waals surface area contributed by atoms with E-state index in [2.05, 4.69) is 12.2 Å². The molecule has 0 rings (SSSR count). The SMILES string of the molecule is CCCCN[C@@H](C)[C]=O. The topological polar surface area (TPSA) is 29.1 Å². The molecule has 0 amide bonds. The standard InChI is InChI=1S/C7H14NO/c1-3-4-5-8-7(2)6-9/h7-8H,3-5H2,1-2H3/t7-/m0/s1. The van der Waals surface area contributed by atoms with Crippen LogP contribution in [0.1, 0.15) is 26.7 Å². The summed E-state index contributed by atoms with van der Waals surface area (Å²) in [7, 11) is 0. The number of nitrogens with one attached hydrogen (secondary N) is 1. The van der Waals surface area contributed by atoms with E-state index in [1.165, 1.54) is 6.42 Å². The van der Waals surface area contributed by atoms with Gasteiger partial charge >= 0.3 is 0 Å². The third kappa shape index (κ3) is 5.50. The first-order valence-corrected chi connectivity index (χ1v) is 3.42. The van der Waals surface area contributed by atoms with Crippen LogP contribution in [0.5, 0.6) is 0 Å². The van der Waals surface area contributed by atoms with Crippen molar-refractivity contribution >= 4 is 6.29 Å². The molecule has 0 fully saturated rings. The van der Waals surface area contributed by atoms with E-state index in [4.69, 9.17) is 0 Å². The Morgan fingerprint density at radius 3 is 2.78 bits per heavy atom. The summed E-state index contributed by atoms with van der Waals surface area (Å²) in [5.74, 6) is 0. The van der Waals surface area contributed by atoms with E-state index in [9.17, 15) is 4.79 Å². The van der Waals surface area contributed by atoms with Crippen LogP contribution in [0.25, 0.3) is 0 Å². The molecule has 9 heavy (non-hydrogen) atoms. The van der Waals surface area contributed by atoms with E-state index < -0.39 is 0 Å². The molecule has 0 aliphatic rings. The normalized spacial score (nSPS) is 13.1. The summed E-state index contributed by atoms with van der Waals surface area (Å²) in [4.78, 5) is 9.91. The van der Waals surface area contributed by atoms with Gasteiger partial charge in [-0.25, -0.2) is 0 Å². The molecule has 0 aliphatic heterocycles. The molecule has 1 atom stereocenters. The number of carbonyl (C=O) groups excluding carboxylic acids is 1. The van der Waals surface area contributed by atoms with Crippen molar-refractivity contribution in [2.45, 2.75) is 32.7 Å². The molecule has 0 saturated heterocycles. The zero-order valence-corrected chi connectivity index (χ0v) is 6.11. The van der Waals surface area contributed by atoms with Crippen LogP contribution in [0.3, 0.4) is 0 Å². The molecular weight excluding hydrogens is 114 g/mol. The second-order valence-electron chi connectivity index (χ2n) is 2.15. The quantitative estimate of drug-likeness (QED) is 0.557. The van der Waals surface area contributed by atoms with Gasteiger partial charge in [-0.15, -0.1) is 0 Å². The summed E-state index contributed by atoms with van der Waals surface area (Å²) < 4.78 is 0. The molecule has 0 spiro atoms. The average Bonchev–Trinajstić information content (AvgIpc) is 1.89.